The van der Waals surface area contributed by atoms with E-state index in [0.717, 1.165) is 25.4 Å². The first kappa shape index (κ1) is 10.2. The van der Waals surface area contributed by atoms with Crippen molar-refractivity contribution in [1.82, 2.24) is 10.1 Å². The van der Waals surface area contributed by atoms with E-state index in [0.29, 0.717) is 0 Å². The summed E-state index contributed by atoms with van der Waals surface area (Å²) in [5.74, 6) is 0.136. The number of carboxylic acids is 1. The average molecular weight is 210 g/mol. The maximum Gasteiger partial charge on any atom is 0.306 e. The Morgan fingerprint density at radius 2 is 2.53 bits per heavy atom. The van der Waals surface area contributed by atoms with Crippen molar-refractivity contribution in [3.8, 4) is 0 Å². The van der Waals surface area contributed by atoms with Crippen LogP contribution in [0.2, 0.25) is 0 Å². The number of aliphatic carboxylic acids is 1. The van der Waals surface area contributed by atoms with Gasteiger partial charge in [-0.05, 0) is 5.92 Å². The maximum atomic E-state index is 10.7. The van der Waals surface area contributed by atoms with Gasteiger partial charge in [0, 0.05) is 19.2 Å². The fourth-order valence-electron chi connectivity index (χ4n) is 1.80. The molecule has 1 aromatic heterocycles. The second kappa shape index (κ2) is 4.02. The first-order valence-electron chi connectivity index (χ1n) is 5.01. The lowest BCUT2D eigenvalue weighted by Gasteiger charge is -2.40. The van der Waals surface area contributed by atoms with Gasteiger partial charge in [-0.3, -0.25) is 9.69 Å². The Hall–Kier alpha value is -1.36. The van der Waals surface area contributed by atoms with E-state index in [1.54, 1.807) is 13.1 Å². The lowest BCUT2D eigenvalue weighted by molar-refractivity contribution is -0.145. The SMILES string of the molecule is CC(C(=O)O)C1CN(Cc2ccno2)C1. The predicted molar refractivity (Wildman–Crippen MR) is 52.1 cm³/mol. The van der Waals surface area contributed by atoms with Gasteiger partial charge in [0.25, 0.3) is 0 Å². The van der Waals surface area contributed by atoms with Crippen LogP contribution in [0.1, 0.15) is 12.7 Å². The van der Waals surface area contributed by atoms with Crippen molar-refractivity contribution >= 4 is 5.97 Å². The van der Waals surface area contributed by atoms with E-state index in [9.17, 15) is 4.79 Å². The van der Waals surface area contributed by atoms with E-state index in [2.05, 4.69) is 10.1 Å². The minimum atomic E-state index is -0.709. The molecule has 0 radical (unpaired) electrons. The highest BCUT2D eigenvalue weighted by molar-refractivity contribution is 5.70. The number of hydrogen-bond donors (Lipinski definition) is 1. The van der Waals surface area contributed by atoms with Crippen LogP contribution in [0.25, 0.3) is 0 Å². The molecule has 15 heavy (non-hydrogen) atoms. The third kappa shape index (κ3) is 2.18. The van der Waals surface area contributed by atoms with Crippen LogP contribution in [-0.4, -0.2) is 34.2 Å². The summed E-state index contributed by atoms with van der Waals surface area (Å²) >= 11 is 0. The van der Waals surface area contributed by atoms with Crippen molar-refractivity contribution in [2.24, 2.45) is 11.8 Å². The predicted octanol–water partition coefficient (Wildman–Crippen LogP) is 0.827. The number of carbonyl (C=O) groups is 1. The molecule has 1 aliphatic heterocycles. The summed E-state index contributed by atoms with van der Waals surface area (Å²) in [7, 11) is 0. The highest BCUT2D eigenvalue weighted by Gasteiger charge is 2.34. The highest BCUT2D eigenvalue weighted by Crippen LogP contribution is 2.25. The molecule has 1 aromatic rings. The van der Waals surface area contributed by atoms with Crippen LogP contribution in [0.5, 0.6) is 0 Å². The Morgan fingerprint density at radius 1 is 1.80 bits per heavy atom. The van der Waals surface area contributed by atoms with Gasteiger partial charge >= 0.3 is 5.97 Å². The van der Waals surface area contributed by atoms with Crippen LogP contribution in [-0.2, 0) is 11.3 Å². The fourth-order valence-corrected chi connectivity index (χ4v) is 1.80. The van der Waals surface area contributed by atoms with Gasteiger partial charge in [0.05, 0.1) is 18.7 Å². The molecule has 0 spiro atoms. The Balaban J connectivity index is 1.76. The van der Waals surface area contributed by atoms with Crippen molar-refractivity contribution in [2.45, 2.75) is 13.5 Å². The average Bonchev–Trinajstić information content (AvgIpc) is 2.61. The number of aromatic nitrogens is 1. The lowest BCUT2D eigenvalue weighted by atomic mass is 9.87. The third-order valence-electron chi connectivity index (χ3n) is 2.95. The van der Waals surface area contributed by atoms with Crippen molar-refractivity contribution in [3.05, 3.63) is 18.0 Å². The molecule has 1 N–H and O–H groups in total. The van der Waals surface area contributed by atoms with E-state index < -0.39 is 5.97 Å². The summed E-state index contributed by atoms with van der Waals surface area (Å²) < 4.78 is 4.98. The zero-order valence-electron chi connectivity index (χ0n) is 8.59. The molecule has 1 fully saturated rings. The van der Waals surface area contributed by atoms with E-state index in [1.807, 2.05) is 6.07 Å². The Kier molecular flexibility index (Phi) is 2.73. The third-order valence-corrected chi connectivity index (χ3v) is 2.95. The first-order chi connectivity index (χ1) is 7.16. The lowest BCUT2D eigenvalue weighted by Crippen LogP contribution is -2.50. The van der Waals surface area contributed by atoms with Gasteiger partial charge in [-0.1, -0.05) is 12.1 Å². The Bertz CT molecular complexity index is 330. The minimum Gasteiger partial charge on any atom is -0.481 e. The molecule has 2 rings (SSSR count). The number of hydrogen-bond acceptors (Lipinski definition) is 4. The Labute approximate surface area is 87.7 Å². The normalized spacial score (nSPS) is 19.8. The van der Waals surface area contributed by atoms with Gasteiger partial charge in [-0.25, -0.2) is 0 Å². The zero-order chi connectivity index (χ0) is 10.8. The second-order valence-corrected chi connectivity index (χ2v) is 4.06. The quantitative estimate of drug-likeness (QED) is 0.797. The summed E-state index contributed by atoms with van der Waals surface area (Å²) in [4.78, 5) is 12.9. The van der Waals surface area contributed by atoms with Crippen molar-refractivity contribution < 1.29 is 14.4 Å². The topological polar surface area (TPSA) is 66.6 Å². The fraction of sp³-hybridized carbons (Fsp3) is 0.600. The van der Waals surface area contributed by atoms with Gasteiger partial charge < -0.3 is 9.63 Å². The van der Waals surface area contributed by atoms with E-state index in [4.69, 9.17) is 9.63 Å². The second-order valence-electron chi connectivity index (χ2n) is 4.06. The molecule has 1 saturated heterocycles. The molecule has 1 unspecified atom stereocenters. The monoisotopic (exact) mass is 210 g/mol. The highest BCUT2D eigenvalue weighted by atomic mass is 16.5. The molecule has 1 aliphatic rings. The largest absolute Gasteiger partial charge is 0.481 e. The summed E-state index contributed by atoms with van der Waals surface area (Å²) in [5, 5.41) is 12.4. The molecule has 5 heteroatoms. The van der Waals surface area contributed by atoms with Crippen LogP contribution in [0, 0.1) is 11.8 Å². The van der Waals surface area contributed by atoms with Crippen LogP contribution < -0.4 is 0 Å². The number of carboxylic acid groups (broad SMARTS) is 1. The summed E-state index contributed by atoms with van der Waals surface area (Å²) in [6, 6.07) is 1.83. The molecule has 1 atom stereocenters. The molecule has 2 heterocycles. The first-order valence-corrected chi connectivity index (χ1v) is 5.01. The van der Waals surface area contributed by atoms with Crippen molar-refractivity contribution in [2.75, 3.05) is 13.1 Å². The standard InChI is InChI=1S/C10H14N2O3/c1-7(10(13)14)8-4-12(5-8)6-9-2-3-11-15-9/h2-3,7-8H,4-6H2,1H3,(H,13,14). The minimum absolute atomic E-state index is 0.254. The molecule has 0 aromatic carbocycles. The number of rotatable bonds is 4. The summed E-state index contributed by atoms with van der Waals surface area (Å²) in [6.07, 6.45) is 1.62. The molecular weight excluding hydrogens is 196 g/mol. The van der Waals surface area contributed by atoms with Crippen LogP contribution >= 0.6 is 0 Å². The molecule has 82 valence electrons. The van der Waals surface area contributed by atoms with Gasteiger partial charge in [0.1, 0.15) is 0 Å². The smallest absolute Gasteiger partial charge is 0.306 e. The summed E-state index contributed by atoms with van der Waals surface area (Å²) in [6.45, 7) is 4.14. The van der Waals surface area contributed by atoms with E-state index >= 15 is 0 Å². The van der Waals surface area contributed by atoms with Gasteiger partial charge in [-0.15, -0.1) is 0 Å². The molecule has 0 amide bonds. The van der Waals surface area contributed by atoms with Gasteiger partial charge in [0.15, 0.2) is 5.76 Å². The zero-order valence-corrected chi connectivity index (χ0v) is 8.59. The van der Waals surface area contributed by atoms with Crippen molar-refractivity contribution in [3.63, 3.8) is 0 Å². The Morgan fingerprint density at radius 3 is 3.07 bits per heavy atom. The summed E-state index contributed by atoms with van der Waals surface area (Å²) in [5.41, 5.74) is 0. The maximum absolute atomic E-state index is 10.7. The van der Waals surface area contributed by atoms with E-state index in [-0.39, 0.29) is 11.8 Å². The van der Waals surface area contributed by atoms with E-state index in [1.165, 1.54) is 0 Å². The molecule has 0 bridgehead atoms. The molecular formula is C10H14N2O3. The number of nitrogens with zero attached hydrogens (tertiary/aromatic N) is 2. The van der Waals surface area contributed by atoms with Crippen molar-refractivity contribution in [1.29, 1.82) is 0 Å². The molecule has 0 saturated carbocycles. The van der Waals surface area contributed by atoms with Gasteiger partial charge in [0.2, 0.25) is 0 Å². The number of likely N-dealkylation sites (tertiary alicyclic amines) is 1. The molecule has 5 nitrogen and oxygen atoms in total. The van der Waals surface area contributed by atoms with Crippen LogP contribution in [0.15, 0.2) is 16.8 Å². The van der Waals surface area contributed by atoms with Gasteiger partial charge in [-0.2, -0.15) is 0 Å². The van der Waals surface area contributed by atoms with Crippen LogP contribution in [0.3, 0.4) is 0 Å². The van der Waals surface area contributed by atoms with Crippen LogP contribution in [0.4, 0.5) is 0 Å². The molecule has 0 aliphatic carbocycles.